The lowest BCUT2D eigenvalue weighted by atomic mass is 10.1. The van der Waals surface area contributed by atoms with E-state index in [0.717, 1.165) is 23.4 Å². The molecule has 0 amide bonds. The van der Waals surface area contributed by atoms with E-state index in [0.29, 0.717) is 12.5 Å². The Morgan fingerprint density at radius 2 is 2.27 bits per heavy atom. The summed E-state index contributed by atoms with van der Waals surface area (Å²) in [6.07, 6.45) is 1.48. The Bertz CT molecular complexity index is 387. The summed E-state index contributed by atoms with van der Waals surface area (Å²) in [5.41, 5.74) is 1.59. The molecule has 0 saturated heterocycles. The topological polar surface area (TPSA) is 38.3 Å². The third-order valence-corrected chi connectivity index (χ3v) is 2.74. The van der Waals surface area contributed by atoms with E-state index in [9.17, 15) is 4.79 Å². The van der Waals surface area contributed by atoms with E-state index in [-0.39, 0.29) is 5.78 Å². The molecule has 0 radical (unpaired) electrons. The molecule has 15 heavy (non-hydrogen) atoms. The summed E-state index contributed by atoms with van der Waals surface area (Å²) in [6, 6.07) is 5.89. The first kappa shape index (κ1) is 10.0. The average molecular weight is 205 g/mol. The second kappa shape index (κ2) is 3.93. The fourth-order valence-electron chi connectivity index (χ4n) is 1.88. The predicted molar refractivity (Wildman–Crippen MR) is 59.6 cm³/mol. The summed E-state index contributed by atoms with van der Waals surface area (Å²) in [5.74, 6) is 0.940. The number of benzene rings is 1. The molecule has 2 rings (SSSR count). The van der Waals surface area contributed by atoms with Crippen LogP contribution in [0.3, 0.4) is 0 Å². The third kappa shape index (κ3) is 1.82. The van der Waals surface area contributed by atoms with Gasteiger partial charge in [-0.2, -0.15) is 0 Å². The number of Topliss-reactive ketones (excluding diaryl/α,β-unsaturated/α-hetero) is 1. The Balaban J connectivity index is 2.51. The van der Waals surface area contributed by atoms with E-state index in [2.05, 4.69) is 12.2 Å². The second-order valence-electron chi connectivity index (χ2n) is 3.89. The number of nitrogens with one attached hydrogen (secondary N) is 1. The van der Waals surface area contributed by atoms with Gasteiger partial charge in [-0.05, 0) is 25.5 Å². The highest BCUT2D eigenvalue weighted by atomic mass is 16.5. The van der Waals surface area contributed by atoms with E-state index in [1.54, 1.807) is 7.11 Å². The number of methoxy groups -OCH3 is 1. The van der Waals surface area contributed by atoms with Crippen molar-refractivity contribution in [1.29, 1.82) is 0 Å². The molecule has 0 fully saturated rings. The van der Waals surface area contributed by atoms with Crippen molar-refractivity contribution in [3.8, 4) is 5.75 Å². The molecule has 0 aromatic heterocycles. The number of hydrogen-bond acceptors (Lipinski definition) is 3. The highest BCUT2D eigenvalue weighted by molar-refractivity contribution is 6.03. The van der Waals surface area contributed by atoms with Gasteiger partial charge in [-0.1, -0.05) is 6.07 Å². The summed E-state index contributed by atoms with van der Waals surface area (Å²) in [7, 11) is 1.62. The number of hydrogen-bond donors (Lipinski definition) is 1. The molecule has 1 aliphatic heterocycles. The molecule has 80 valence electrons. The van der Waals surface area contributed by atoms with Crippen LogP contribution < -0.4 is 10.1 Å². The minimum Gasteiger partial charge on any atom is -0.495 e. The van der Waals surface area contributed by atoms with Crippen molar-refractivity contribution in [1.82, 2.24) is 0 Å². The Hall–Kier alpha value is -1.51. The maximum Gasteiger partial charge on any atom is 0.165 e. The zero-order valence-electron chi connectivity index (χ0n) is 9.04. The zero-order valence-corrected chi connectivity index (χ0v) is 9.04. The van der Waals surface area contributed by atoms with Gasteiger partial charge < -0.3 is 10.1 Å². The minimum absolute atomic E-state index is 0.195. The molecule has 1 N–H and O–H groups in total. The standard InChI is InChI=1S/C12H15NO2/c1-8-6-7-10(14)9-4-3-5-11(15-2)12(9)13-8/h3-5,8,13H,6-7H2,1-2H3. The van der Waals surface area contributed by atoms with Crippen molar-refractivity contribution in [3.05, 3.63) is 23.8 Å². The van der Waals surface area contributed by atoms with Crippen LogP contribution in [-0.2, 0) is 0 Å². The van der Waals surface area contributed by atoms with Gasteiger partial charge in [-0.3, -0.25) is 4.79 Å². The summed E-state index contributed by atoms with van der Waals surface area (Å²) < 4.78 is 5.25. The molecule has 1 aliphatic rings. The maximum atomic E-state index is 11.8. The van der Waals surface area contributed by atoms with Gasteiger partial charge in [-0.15, -0.1) is 0 Å². The van der Waals surface area contributed by atoms with Crippen molar-refractivity contribution in [2.45, 2.75) is 25.8 Å². The maximum absolute atomic E-state index is 11.8. The highest BCUT2D eigenvalue weighted by Gasteiger charge is 2.21. The van der Waals surface area contributed by atoms with E-state index in [1.165, 1.54) is 0 Å². The first-order valence-corrected chi connectivity index (χ1v) is 5.19. The molecule has 1 aromatic rings. The summed E-state index contributed by atoms with van der Waals surface area (Å²) in [6.45, 7) is 2.08. The molecule has 1 aromatic carbocycles. The average Bonchev–Trinajstić information content (AvgIpc) is 2.39. The predicted octanol–water partition coefficient (Wildman–Crippen LogP) is 2.47. The molecule has 1 atom stereocenters. The van der Waals surface area contributed by atoms with Gasteiger partial charge >= 0.3 is 0 Å². The van der Waals surface area contributed by atoms with Gasteiger partial charge in [-0.25, -0.2) is 0 Å². The second-order valence-corrected chi connectivity index (χ2v) is 3.89. The van der Waals surface area contributed by atoms with E-state index in [4.69, 9.17) is 4.74 Å². The molecule has 3 heteroatoms. The molecule has 0 saturated carbocycles. The number of ketones is 1. The van der Waals surface area contributed by atoms with Crippen LogP contribution >= 0.6 is 0 Å². The molecule has 1 unspecified atom stereocenters. The minimum atomic E-state index is 0.195. The number of para-hydroxylation sites is 1. The van der Waals surface area contributed by atoms with Gasteiger partial charge in [0, 0.05) is 18.0 Å². The van der Waals surface area contributed by atoms with E-state index in [1.807, 2.05) is 18.2 Å². The first-order chi connectivity index (χ1) is 7.22. The van der Waals surface area contributed by atoms with Crippen LogP contribution in [-0.4, -0.2) is 18.9 Å². The van der Waals surface area contributed by atoms with Gasteiger partial charge in [0.25, 0.3) is 0 Å². The Morgan fingerprint density at radius 1 is 1.47 bits per heavy atom. The van der Waals surface area contributed by atoms with Crippen molar-refractivity contribution >= 4 is 11.5 Å². The molecular weight excluding hydrogens is 190 g/mol. The summed E-state index contributed by atoms with van der Waals surface area (Å²) in [4.78, 5) is 11.8. The number of carbonyl (C=O) groups excluding carboxylic acids is 1. The zero-order chi connectivity index (χ0) is 10.8. The summed E-state index contributed by atoms with van der Waals surface area (Å²) >= 11 is 0. The third-order valence-electron chi connectivity index (χ3n) is 2.74. The van der Waals surface area contributed by atoms with Crippen molar-refractivity contribution in [2.24, 2.45) is 0 Å². The van der Waals surface area contributed by atoms with Gasteiger partial charge in [0.2, 0.25) is 0 Å². The molecule has 0 spiro atoms. The summed E-state index contributed by atoms with van der Waals surface area (Å²) in [5, 5.41) is 3.33. The fourth-order valence-corrected chi connectivity index (χ4v) is 1.88. The van der Waals surface area contributed by atoms with Crippen LogP contribution in [0.5, 0.6) is 5.75 Å². The van der Waals surface area contributed by atoms with Gasteiger partial charge in [0.1, 0.15) is 5.75 Å². The first-order valence-electron chi connectivity index (χ1n) is 5.19. The Kier molecular flexibility index (Phi) is 2.62. The van der Waals surface area contributed by atoms with Crippen molar-refractivity contribution < 1.29 is 9.53 Å². The molecule has 1 heterocycles. The van der Waals surface area contributed by atoms with Crippen LogP contribution in [0, 0.1) is 0 Å². The van der Waals surface area contributed by atoms with Crippen molar-refractivity contribution in [2.75, 3.05) is 12.4 Å². The lowest BCUT2D eigenvalue weighted by molar-refractivity contribution is 0.0981. The smallest absolute Gasteiger partial charge is 0.165 e. The monoisotopic (exact) mass is 205 g/mol. The van der Waals surface area contributed by atoms with Crippen molar-refractivity contribution in [3.63, 3.8) is 0 Å². The number of carbonyl (C=O) groups is 1. The quantitative estimate of drug-likeness (QED) is 0.765. The number of anilines is 1. The van der Waals surface area contributed by atoms with Gasteiger partial charge in [0.05, 0.1) is 12.8 Å². The Labute approximate surface area is 89.4 Å². The van der Waals surface area contributed by atoms with Gasteiger partial charge in [0.15, 0.2) is 5.78 Å². The Morgan fingerprint density at radius 3 is 3.00 bits per heavy atom. The van der Waals surface area contributed by atoms with Crippen LogP contribution in [0.2, 0.25) is 0 Å². The molecule has 3 nitrogen and oxygen atoms in total. The number of rotatable bonds is 1. The molecular formula is C12H15NO2. The largest absolute Gasteiger partial charge is 0.495 e. The van der Waals surface area contributed by atoms with Crippen LogP contribution in [0.4, 0.5) is 5.69 Å². The van der Waals surface area contributed by atoms with Crippen LogP contribution in [0.1, 0.15) is 30.1 Å². The van der Waals surface area contributed by atoms with Crippen LogP contribution in [0.25, 0.3) is 0 Å². The van der Waals surface area contributed by atoms with E-state index < -0.39 is 0 Å². The SMILES string of the molecule is COc1cccc2c1NC(C)CCC2=O. The highest BCUT2D eigenvalue weighted by Crippen LogP contribution is 2.32. The number of fused-ring (bicyclic) bond motifs is 1. The fraction of sp³-hybridized carbons (Fsp3) is 0.417. The lowest BCUT2D eigenvalue weighted by Crippen LogP contribution is -2.13. The normalized spacial score (nSPS) is 20.1. The molecule has 0 bridgehead atoms. The van der Waals surface area contributed by atoms with Crippen LogP contribution in [0.15, 0.2) is 18.2 Å². The number of ether oxygens (including phenoxy) is 1. The van der Waals surface area contributed by atoms with E-state index >= 15 is 0 Å². The lowest BCUT2D eigenvalue weighted by Gasteiger charge is -2.15. The molecule has 0 aliphatic carbocycles.